The van der Waals surface area contributed by atoms with Crippen molar-refractivity contribution < 1.29 is 29.5 Å². The van der Waals surface area contributed by atoms with E-state index in [4.69, 9.17) is 0 Å². The van der Waals surface area contributed by atoms with E-state index < -0.39 is 35.5 Å². The molecule has 0 unspecified atom stereocenters. The molecule has 4 aliphatic rings. The SMILES string of the molecule is CC1=CC(=O)C2=C(C[C@@H]3C(=CC[C@@H]4C(=O)N(O)C(=O)[C@@H]43)[C@@H]2c2ccc(O)c3ccccc23)C1=O. The van der Waals surface area contributed by atoms with Crippen molar-refractivity contribution in [2.75, 3.05) is 0 Å². The summed E-state index contributed by atoms with van der Waals surface area (Å²) in [4.78, 5) is 51.9. The lowest BCUT2D eigenvalue weighted by molar-refractivity contribution is -0.173. The largest absolute Gasteiger partial charge is 0.507 e. The third-order valence-electron chi connectivity index (χ3n) is 7.78. The summed E-state index contributed by atoms with van der Waals surface area (Å²) in [6.07, 6.45) is 3.69. The van der Waals surface area contributed by atoms with E-state index in [0.29, 0.717) is 22.1 Å². The molecule has 3 aliphatic carbocycles. The van der Waals surface area contributed by atoms with Gasteiger partial charge in [0, 0.05) is 28.0 Å². The Morgan fingerprint density at radius 1 is 0.941 bits per heavy atom. The molecule has 170 valence electrons. The number of hydroxylamine groups is 2. The lowest BCUT2D eigenvalue weighted by Crippen LogP contribution is -2.39. The van der Waals surface area contributed by atoms with E-state index in [-0.39, 0.29) is 35.2 Å². The number of imide groups is 1. The Hall–Kier alpha value is -3.84. The molecule has 7 heteroatoms. The van der Waals surface area contributed by atoms with Crippen LogP contribution in [0.2, 0.25) is 0 Å². The summed E-state index contributed by atoms with van der Waals surface area (Å²) >= 11 is 0. The van der Waals surface area contributed by atoms with Crippen LogP contribution in [0.1, 0.15) is 31.2 Å². The van der Waals surface area contributed by atoms with Gasteiger partial charge in [0.15, 0.2) is 11.6 Å². The van der Waals surface area contributed by atoms with E-state index in [9.17, 15) is 29.5 Å². The lowest BCUT2D eigenvalue weighted by atomic mass is 9.59. The Kier molecular flexibility index (Phi) is 4.32. The van der Waals surface area contributed by atoms with Crippen molar-refractivity contribution in [3.63, 3.8) is 0 Å². The molecule has 1 fully saturated rings. The second-order valence-electron chi connectivity index (χ2n) is 9.44. The van der Waals surface area contributed by atoms with Gasteiger partial charge in [-0.05, 0) is 48.8 Å². The van der Waals surface area contributed by atoms with Gasteiger partial charge in [-0.15, -0.1) is 0 Å². The molecule has 34 heavy (non-hydrogen) atoms. The number of hydrogen-bond donors (Lipinski definition) is 2. The highest BCUT2D eigenvalue weighted by Crippen LogP contribution is 2.55. The Bertz CT molecular complexity index is 1440. The number of nitrogens with zero attached hydrogens (tertiary/aromatic N) is 1. The number of carbonyl (C=O) groups excluding carboxylic acids is 4. The molecule has 0 spiro atoms. The van der Waals surface area contributed by atoms with E-state index >= 15 is 0 Å². The van der Waals surface area contributed by atoms with Gasteiger partial charge in [0.05, 0.1) is 11.8 Å². The number of fused-ring (bicyclic) bond motifs is 4. The number of amides is 2. The number of benzene rings is 2. The maximum Gasteiger partial charge on any atom is 0.257 e. The van der Waals surface area contributed by atoms with Crippen molar-refractivity contribution in [1.29, 1.82) is 0 Å². The van der Waals surface area contributed by atoms with Crippen LogP contribution in [0.5, 0.6) is 5.75 Å². The first kappa shape index (κ1) is 20.7. The number of Topliss-reactive ketones (excluding diaryl/α,β-unsaturated/α-hetero) is 1. The molecular weight excluding hydrogens is 434 g/mol. The maximum atomic E-state index is 13.3. The Morgan fingerprint density at radius 3 is 2.44 bits per heavy atom. The number of allylic oxidation sites excluding steroid dienone is 6. The second-order valence-corrected chi connectivity index (χ2v) is 9.44. The van der Waals surface area contributed by atoms with Crippen LogP contribution in [0.3, 0.4) is 0 Å². The topological polar surface area (TPSA) is 112 Å². The fourth-order valence-electron chi connectivity index (χ4n) is 6.28. The van der Waals surface area contributed by atoms with Gasteiger partial charge in [-0.25, -0.2) is 0 Å². The van der Waals surface area contributed by atoms with Crippen LogP contribution < -0.4 is 0 Å². The van der Waals surface area contributed by atoms with Gasteiger partial charge in [0.2, 0.25) is 0 Å². The monoisotopic (exact) mass is 455 g/mol. The number of carbonyl (C=O) groups is 4. The van der Waals surface area contributed by atoms with Gasteiger partial charge in [-0.1, -0.05) is 42.0 Å². The van der Waals surface area contributed by atoms with E-state index in [2.05, 4.69) is 0 Å². The van der Waals surface area contributed by atoms with Crippen molar-refractivity contribution >= 4 is 34.2 Å². The van der Waals surface area contributed by atoms with Crippen molar-refractivity contribution in [2.24, 2.45) is 17.8 Å². The van der Waals surface area contributed by atoms with Crippen LogP contribution in [-0.4, -0.2) is 38.8 Å². The number of aromatic hydroxyl groups is 1. The molecule has 0 aromatic heterocycles. The smallest absolute Gasteiger partial charge is 0.257 e. The van der Waals surface area contributed by atoms with E-state index in [1.54, 1.807) is 25.1 Å². The standard InChI is InChI=1S/C27H21NO6/c1-12-10-21(30)24-19(25(12)31)11-18-16(6-7-17-23(18)27(33)28(34)26(17)32)22(24)15-8-9-20(29)14-5-3-2-4-13(14)15/h2-6,8-10,17-18,22-23,29,34H,7,11H2,1H3/t17-,18+,22-,23-/m0/s1. The summed E-state index contributed by atoms with van der Waals surface area (Å²) in [5.74, 6) is -4.22. The first-order chi connectivity index (χ1) is 16.3. The Morgan fingerprint density at radius 2 is 1.68 bits per heavy atom. The van der Waals surface area contributed by atoms with E-state index in [1.165, 1.54) is 6.08 Å². The molecule has 7 nitrogen and oxygen atoms in total. The minimum absolute atomic E-state index is 0.105. The fraction of sp³-hybridized carbons (Fsp3) is 0.259. The molecule has 4 atom stereocenters. The average Bonchev–Trinajstić information content (AvgIpc) is 3.06. The first-order valence-corrected chi connectivity index (χ1v) is 11.3. The highest BCUT2D eigenvalue weighted by Gasteiger charge is 2.56. The lowest BCUT2D eigenvalue weighted by Gasteiger charge is -2.42. The van der Waals surface area contributed by atoms with Gasteiger partial charge in [0.1, 0.15) is 5.75 Å². The minimum Gasteiger partial charge on any atom is -0.507 e. The second kappa shape index (κ2) is 7.08. The molecule has 2 aromatic carbocycles. The van der Waals surface area contributed by atoms with Crippen LogP contribution in [0.25, 0.3) is 10.8 Å². The van der Waals surface area contributed by atoms with E-state index in [0.717, 1.165) is 16.5 Å². The van der Waals surface area contributed by atoms with Gasteiger partial charge < -0.3 is 5.11 Å². The number of ketones is 2. The van der Waals surface area contributed by atoms with Crippen LogP contribution in [0, 0.1) is 17.8 Å². The molecule has 6 rings (SSSR count). The summed E-state index contributed by atoms with van der Waals surface area (Å²) < 4.78 is 0. The molecule has 0 radical (unpaired) electrons. The van der Waals surface area contributed by atoms with Crippen LogP contribution >= 0.6 is 0 Å². The predicted molar refractivity (Wildman–Crippen MR) is 121 cm³/mol. The summed E-state index contributed by atoms with van der Waals surface area (Å²) in [5, 5.41) is 22.1. The van der Waals surface area contributed by atoms with Crippen molar-refractivity contribution in [3.05, 3.63) is 76.4 Å². The molecule has 2 aromatic rings. The first-order valence-electron chi connectivity index (χ1n) is 11.3. The van der Waals surface area contributed by atoms with Crippen molar-refractivity contribution in [1.82, 2.24) is 5.06 Å². The maximum absolute atomic E-state index is 13.3. The molecule has 2 amide bonds. The highest BCUT2D eigenvalue weighted by molar-refractivity contribution is 6.24. The Labute approximate surface area is 194 Å². The predicted octanol–water partition coefficient (Wildman–Crippen LogP) is 3.36. The summed E-state index contributed by atoms with van der Waals surface area (Å²) in [5.41, 5.74) is 2.66. The van der Waals surface area contributed by atoms with Crippen molar-refractivity contribution in [3.8, 4) is 5.75 Å². The fourth-order valence-corrected chi connectivity index (χ4v) is 6.28. The van der Waals surface area contributed by atoms with Crippen LogP contribution in [-0.2, 0) is 19.2 Å². The number of phenolic OH excluding ortho intramolecular Hbond substituents is 1. The molecule has 1 heterocycles. The summed E-state index contributed by atoms with van der Waals surface area (Å²) in [7, 11) is 0. The van der Waals surface area contributed by atoms with Gasteiger partial charge >= 0.3 is 0 Å². The summed E-state index contributed by atoms with van der Waals surface area (Å²) in [6.45, 7) is 1.60. The average molecular weight is 455 g/mol. The number of rotatable bonds is 1. The molecular formula is C27H21NO6. The van der Waals surface area contributed by atoms with Gasteiger partial charge in [-0.2, -0.15) is 5.06 Å². The minimum atomic E-state index is -0.786. The normalized spacial score (nSPS) is 28.6. The molecule has 0 saturated carbocycles. The molecule has 2 N–H and O–H groups in total. The number of hydrogen-bond acceptors (Lipinski definition) is 6. The zero-order chi connectivity index (χ0) is 23.9. The summed E-state index contributed by atoms with van der Waals surface area (Å²) in [6, 6.07) is 10.6. The number of phenols is 1. The van der Waals surface area contributed by atoms with Gasteiger partial charge in [0.25, 0.3) is 11.8 Å². The third-order valence-corrected chi connectivity index (χ3v) is 7.78. The highest BCUT2D eigenvalue weighted by atomic mass is 16.5. The van der Waals surface area contributed by atoms with Crippen LogP contribution in [0.15, 0.2) is 70.8 Å². The third kappa shape index (κ3) is 2.61. The molecule has 0 bridgehead atoms. The zero-order valence-corrected chi connectivity index (χ0v) is 18.3. The van der Waals surface area contributed by atoms with Crippen molar-refractivity contribution in [2.45, 2.75) is 25.7 Å². The quantitative estimate of drug-likeness (QED) is 0.295. The Balaban J connectivity index is 1.62. The van der Waals surface area contributed by atoms with Gasteiger partial charge in [-0.3, -0.25) is 24.4 Å². The molecule has 1 saturated heterocycles. The van der Waals surface area contributed by atoms with Crippen LogP contribution in [0.4, 0.5) is 0 Å². The van der Waals surface area contributed by atoms with E-state index in [1.807, 2.05) is 24.3 Å². The molecule has 1 aliphatic heterocycles. The zero-order valence-electron chi connectivity index (χ0n) is 18.3.